The van der Waals surface area contributed by atoms with Crippen molar-refractivity contribution in [1.29, 1.82) is 0 Å². The smallest absolute Gasteiger partial charge is 0.337 e. The molecule has 2 aromatic carbocycles. The van der Waals surface area contributed by atoms with Crippen molar-refractivity contribution in [3.8, 4) is 5.75 Å². The number of aromatic carboxylic acids is 1. The van der Waals surface area contributed by atoms with E-state index in [4.69, 9.17) is 9.84 Å². The highest BCUT2D eigenvalue weighted by molar-refractivity contribution is 9.10. The molecule has 150 valence electrons. The van der Waals surface area contributed by atoms with Gasteiger partial charge in [0.15, 0.2) is 0 Å². The van der Waals surface area contributed by atoms with Gasteiger partial charge in [0.25, 0.3) is 0 Å². The maximum absolute atomic E-state index is 11.1. The van der Waals surface area contributed by atoms with Crippen LogP contribution in [0.5, 0.6) is 5.75 Å². The van der Waals surface area contributed by atoms with E-state index in [0.717, 1.165) is 33.7 Å². The van der Waals surface area contributed by atoms with Crippen LogP contribution >= 0.6 is 15.9 Å². The number of halogens is 1. The van der Waals surface area contributed by atoms with Crippen molar-refractivity contribution in [2.45, 2.75) is 27.0 Å². The van der Waals surface area contributed by atoms with Gasteiger partial charge in [-0.1, -0.05) is 45.8 Å². The average molecular weight is 455 g/mol. The highest BCUT2D eigenvalue weighted by atomic mass is 79.9. The van der Waals surface area contributed by atoms with E-state index in [1.54, 1.807) is 12.1 Å². The molecule has 1 aromatic heterocycles. The van der Waals surface area contributed by atoms with Crippen LogP contribution in [0, 0.1) is 6.92 Å². The van der Waals surface area contributed by atoms with Gasteiger partial charge in [-0.2, -0.15) is 0 Å². The molecule has 0 aliphatic carbocycles. The first-order valence-electron chi connectivity index (χ1n) is 9.37. The summed E-state index contributed by atoms with van der Waals surface area (Å²) in [6.07, 6.45) is 1.38. The number of rotatable bonds is 8. The lowest BCUT2D eigenvalue weighted by atomic mass is 10.1. The van der Waals surface area contributed by atoms with Crippen LogP contribution in [0.2, 0.25) is 0 Å². The molecular formula is C23H23BrN2O3. The number of carboxylic acid groups (broad SMARTS) is 1. The van der Waals surface area contributed by atoms with Gasteiger partial charge >= 0.3 is 5.97 Å². The number of aromatic nitrogens is 1. The molecule has 0 saturated heterocycles. The van der Waals surface area contributed by atoms with E-state index in [1.807, 2.05) is 25.1 Å². The number of carboxylic acids is 1. The lowest BCUT2D eigenvalue weighted by Crippen LogP contribution is -2.23. The molecule has 0 bridgehead atoms. The summed E-state index contributed by atoms with van der Waals surface area (Å²) in [7, 11) is 0. The van der Waals surface area contributed by atoms with Crippen molar-refractivity contribution in [3.63, 3.8) is 0 Å². The second-order valence-electron chi connectivity index (χ2n) is 6.75. The number of pyridine rings is 1. The summed E-state index contributed by atoms with van der Waals surface area (Å²) >= 11 is 3.54. The molecule has 0 saturated carbocycles. The number of hydrogen-bond donors (Lipinski definition) is 1. The van der Waals surface area contributed by atoms with Gasteiger partial charge in [0.1, 0.15) is 18.2 Å². The number of anilines is 1. The van der Waals surface area contributed by atoms with E-state index < -0.39 is 5.97 Å². The van der Waals surface area contributed by atoms with Crippen LogP contribution in [-0.4, -0.2) is 22.6 Å². The SMILES string of the molecule is CCN(Cc1cc(Br)ccc1OCc1ccc(C)cc1)c1ccc(C(=O)O)cn1. The topological polar surface area (TPSA) is 62.7 Å². The number of ether oxygens (including phenoxy) is 1. The predicted molar refractivity (Wildman–Crippen MR) is 118 cm³/mol. The zero-order valence-electron chi connectivity index (χ0n) is 16.4. The molecule has 0 unspecified atom stereocenters. The Morgan fingerprint density at radius 2 is 1.90 bits per heavy atom. The van der Waals surface area contributed by atoms with Crippen molar-refractivity contribution in [2.24, 2.45) is 0 Å². The fraction of sp³-hybridized carbons (Fsp3) is 0.217. The summed E-state index contributed by atoms with van der Waals surface area (Å²) in [6.45, 7) is 5.92. The van der Waals surface area contributed by atoms with Crippen LogP contribution < -0.4 is 9.64 Å². The van der Waals surface area contributed by atoms with Crippen LogP contribution in [0.25, 0.3) is 0 Å². The minimum absolute atomic E-state index is 0.175. The molecule has 0 radical (unpaired) electrons. The highest BCUT2D eigenvalue weighted by Gasteiger charge is 2.13. The number of aryl methyl sites for hydroxylation is 1. The predicted octanol–water partition coefficient (Wildman–Crippen LogP) is 5.46. The van der Waals surface area contributed by atoms with Gasteiger partial charge in [-0.3, -0.25) is 0 Å². The van der Waals surface area contributed by atoms with E-state index in [-0.39, 0.29) is 5.56 Å². The standard InChI is InChI=1S/C23H23BrN2O3/c1-3-26(22-11-8-18(13-25-22)23(27)28)14-19-12-20(24)9-10-21(19)29-15-17-6-4-16(2)5-7-17/h4-13H,3,14-15H2,1-2H3,(H,27,28). The Kier molecular flexibility index (Phi) is 6.88. The molecule has 6 heteroatoms. The van der Waals surface area contributed by atoms with Crippen LogP contribution in [0.3, 0.4) is 0 Å². The van der Waals surface area contributed by atoms with E-state index in [1.165, 1.54) is 11.8 Å². The number of benzene rings is 2. The Bertz CT molecular complexity index is 972. The van der Waals surface area contributed by atoms with Gasteiger partial charge in [-0.15, -0.1) is 0 Å². The number of hydrogen-bond acceptors (Lipinski definition) is 4. The zero-order valence-corrected chi connectivity index (χ0v) is 18.0. The molecule has 0 atom stereocenters. The van der Waals surface area contributed by atoms with Crippen LogP contribution in [0.15, 0.2) is 65.3 Å². The summed E-state index contributed by atoms with van der Waals surface area (Å²) in [6, 6.07) is 17.6. The normalized spacial score (nSPS) is 10.6. The van der Waals surface area contributed by atoms with Gasteiger partial charge < -0.3 is 14.7 Å². The maximum atomic E-state index is 11.1. The summed E-state index contributed by atoms with van der Waals surface area (Å²) in [5.74, 6) is 0.558. The molecule has 3 rings (SSSR count). The third-order valence-electron chi connectivity index (χ3n) is 4.60. The molecule has 0 amide bonds. The molecule has 0 spiro atoms. The molecule has 1 heterocycles. The number of carbonyl (C=O) groups is 1. The van der Waals surface area contributed by atoms with E-state index in [0.29, 0.717) is 13.2 Å². The lowest BCUT2D eigenvalue weighted by molar-refractivity contribution is 0.0696. The van der Waals surface area contributed by atoms with Gasteiger partial charge in [0.05, 0.1) is 5.56 Å². The van der Waals surface area contributed by atoms with Gasteiger partial charge in [0.2, 0.25) is 0 Å². The third kappa shape index (κ3) is 5.57. The lowest BCUT2D eigenvalue weighted by Gasteiger charge is -2.23. The highest BCUT2D eigenvalue weighted by Crippen LogP contribution is 2.27. The molecule has 0 aliphatic heterocycles. The average Bonchev–Trinajstić information content (AvgIpc) is 2.72. The van der Waals surface area contributed by atoms with E-state index >= 15 is 0 Å². The van der Waals surface area contributed by atoms with Crippen molar-refractivity contribution in [3.05, 3.63) is 87.5 Å². The minimum Gasteiger partial charge on any atom is -0.489 e. The Hall–Kier alpha value is -2.86. The van der Waals surface area contributed by atoms with Crippen molar-refractivity contribution in [1.82, 2.24) is 4.98 Å². The largest absolute Gasteiger partial charge is 0.489 e. The van der Waals surface area contributed by atoms with Gasteiger partial charge in [0, 0.05) is 29.3 Å². The first kappa shape index (κ1) is 20.9. The Labute approximate surface area is 179 Å². The van der Waals surface area contributed by atoms with Crippen LogP contribution in [-0.2, 0) is 13.2 Å². The second-order valence-corrected chi connectivity index (χ2v) is 7.67. The molecule has 0 aliphatic rings. The van der Waals surface area contributed by atoms with Crippen molar-refractivity contribution in [2.75, 3.05) is 11.4 Å². The Balaban J connectivity index is 1.78. The molecule has 3 aromatic rings. The van der Waals surface area contributed by atoms with E-state index in [9.17, 15) is 4.79 Å². The molecule has 5 nitrogen and oxygen atoms in total. The third-order valence-corrected chi connectivity index (χ3v) is 5.09. The summed E-state index contributed by atoms with van der Waals surface area (Å²) in [5, 5.41) is 9.07. The first-order chi connectivity index (χ1) is 14.0. The fourth-order valence-electron chi connectivity index (χ4n) is 2.92. The monoisotopic (exact) mass is 454 g/mol. The molecule has 0 fully saturated rings. The summed E-state index contributed by atoms with van der Waals surface area (Å²) < 4.78 is 7.08. The quantitative estimate of drug-likeness (QED) is 0.489. The first-order valence-corrected chi connectivity index (χ1v) is 10.2. The summed E-state index contributed by atoms with van der Waals surface area (Å²) in [5.41, 5.74) is 3.53. The molecule has 29 heavy (non-hydrogen) atoms. The van der Waals surface area contributed by atoms with Crippen LogP contribution in [0.4, 0.5) is 5.82 Å². The minimum atomic E-state index is -0.981. The molecule has 1 N–H and O–H groups in total. The number of nitrogens with zero attached hydrogens (tertiary/aromatic N) is 2. The second kappa shape index (κ2) is 9.56. The zero-order chi connectivity index (χ0) is 20.8. The van der Waals surface area contributed by atoms with Crippen molar-refractivity contribution >= 4 is 27.7 Å². The Morgan fingerprint density at radius 3 is 2.52 bits per heavy atom. The maximum Gasteiger partial charge on any atom is 0.337 e. The summed E-state index contributed by atoms with van der Waals surface area (Å²) in [4.78, 5) is 17.4. The fourth-order valence-corrected chi connectivity index (χ4v) is 3.33. The van der Waals surface area contributed by atoms with Crippen molar-refractivity contribution < 1.29 is 14.6 Å². The van der Waals surface area contributed by atoms with E-state index in [2.05, 4.69) is 57.0 Å². The Morgan fingerprint density at radius 1 is 1.14 bits per heavy atom. The molecular weight excluding hydrogens is 432 g/mol. The van der Waals surface area contributed by atoms with Crippen LogP contribution in [0.1, 0.15) is 34.0 Å². The van der Waals surface area contributed by atoms with Gasteiger partial charge in [-0.25, -0.2) is 9.78 Å². The van der Waals surface area contributed by atoms with Gasteiger partial charge in [-0.05, 0) is 49.7 Å².